The Morgan fingerprint density at radius 3 is 2.72 bits per heavy atom. The van der Waals surface area contributed by atoms with E-state index in [4.69, 9.17) is 4.74 Å². The van der Waals surface area contributed by atoms with Gasteiger partial charge in [0.15, 0.2) is 4.96 Å². The molecule has 0 aliphatic carbocycles. The fourth-order valence-corrected chi connectivity index (χ4v) is 3.42. The molecule has 0 unspecified atom stereocenters. The van der Waals surface area contributed by atoms with Gasteiger partial charge in [-0.1, -0.05) is 0 Å². The van der Waals surface area contributed by atoms with Crippen LogP contribution in [0, 0.1) is 0 Å². The van der Waals surface area contributed by atoms with Crippen LogP contribution < -0.4 is 15.2 Å². The molecular weight excluding hydrogens is 342 g/mol. The number of rotatable bonds is 3. The summed E-state index contributed by atoms with van der Waals surface area (Å²) in [6.07, 6.45) is 4.19. The lowest BCUT2D eigenvalue weighted by molar-refractivity contribution is -0.117. The highest BCUT2D eigenvalue weighted by molar-refractivity contribution is 7.15. The largest absolute Gasteiger partial charge is 0.423 e. The van der Waals surface area contributed by atoms with Crippen LogP contribution in [0.2, 0.25) is 0 Å². The molecule has 0 N–H and O–H groups in total. The summed E-state index contributed by atoms with van der Waals surface area (Å²) in [5.74, 6) is -0.369. The highest BCUT2D eigenvalue weighted by Gasteiger charge is 2.22. The minimum atomic E-state index is -0.761. The normalized spacial score (nSPS) is 14.2. The maximum atomic E-state index is 12.3. The van der Waals surface area contributed by atoms with E-state index in [1.165, 1.54) is 21.9 Å². The zero-order valence-corrected chi connectivity index (χ0v) is 13.9. The molecule has 0 saturated carbocycles. The van der Waals surface area contributed by atoms with Gasteiger partial charge in [-0.15, -0.1) is 11.3 Å². The van der Waals surface area contributed by atoms with Crippen LogP contribution in [-0.4, -0.2) is 27.8 Å². The summed E-state index contributed by atoms with van der Waals surface area (Å²) in [5, 5.41) is 1.72. The van der Waals surface area contributed by atoms with Gasteiger partial charge in [-0.05, 0) is 30.7 Å². The Bertz CT molecular complexity index is 1020. The van der Waals surface area contributed by atoms with Crippen molar-refractivity contribution in [3.63, 3.8) is 0 Å². The molecule has 0 atom stereocenters. The van der Waals surface area contributed by atoms with Crippen LogP contribution in [0.5, 0.6) is 5.75 Å². The second-order valence-electron chi connectivity index (χ2n) is 5.56. The molecule has 0 spiro atoms. The first-order valence-corrected chi connectivity index (χ1v) is 8.59. The average Bonchev–Trinajstić information content (AvgIpc) is 3.25. The van der Waals surface area contributed by atoms with E-state index in [2.05, 4.69) is 4.98 Å². The Labute approximate surface area is 146 Å². The minimum Gasteiger partial charge on any atom is -0.423 e. The number of esters is 1. The Hall–Kier alpha value is -3.00. The van der Waals surface area contributed by atoms with Crippen molar-refractivity contribution in [1.29, 1.82) is 0 Å². The molecule has 126 valence electrons. The fourth-order valence-electron chi connectivity index (χ4n) is 2.74. The zero-order valence-electron chi connectivity index (χ0n) is 13.0. The van der Waals surface area contributed by atoms with Gasteiger partial charge in [0.05, 0.1) is 6.20 Å². The Balaban J connectivity index is 1.55. The van der Waals surface area contributed by atoms with Gasteiger partial charge in [-0.3, -0.25) is 14.0 Å². The van der Waals surface area contributed by atoms with Crippen LogP contribution in [0.15, 0.2) is 46.8 Å². The molecule has 2 aromatic heterocycles. The second kappa shape index (κ2) is 6.14. The van der Waals surface area contributed by atoms with Crippen molar-refractivity contribution in [2.45, 2.75) is 12.8 Å². The summed E-state index contributed by atoms with van der Waals surface area (Å²) in [7, 11) is 0. The van der Waals surface area contributed by atoms with E-state index in [0.717, 1.165) is 12.1 Å². The van der Waals surface area contributed by atoms with Crippen LogP contribution in [0.3, 0.4) is 0 Å². The van der Waals surface area contributed by atoms with Crippen molar-refractivity contribution in [2.24, 2.45) is 0 Å². The lowest BCUT2D eigenvalue weighted by Crippen LogP contribution is -2.25. The number of hydrogen-bond acceptors (Lipinski definition) is 6. The molecule has 1 fully saturated rings. The first-order chi connectivity index (χ1) is 12.1. The van der Waals surface area contributed by atoms with Gasteiger partial charge in [0.25, 0.3) is 5.56 Å². The number of fused-ring (bicyclic) bond motifs is 1. The van der Waals surface area contributed by atoms with Crippen LogP contribution in [-0.2, 0) is 4.79 Å². The van der Waals surface area contributed by atoms with Gasteiger partial charge in [0.1, 0.15) is 11.3 Å². The Morgan fingerprint density at radius 1 is 1.20 bits per heavy atom. The monoisotopic (exact) mass is 355 g/mol. The number of amides is 1. The number of hydrogen-bond donors (Lipinski definition) is 0. The van der Waals surface area contributed by atoms with E-state index < -0.39 is 11.5 Å². The lowest BCUT2D eigenvalue weighted by Gasteiger charge is -2.15. The van der Waals surface area contributed by atoms with E-state index in [1.54, 1.807) is 40.7 Å². The summed E-state index contributed by atoms with van der Waals surface area (Å²) < 4.78 is 6.57. The highest BCUT2D eigenvalue weighted by Crippen LogP contribution is 2.24. The van der Waals surface area contributed by atoms with E-state index >= 15 is 0 Å². The summed E-state index contributed by atoms with van der Waals surface area (Å²) in [4.78, 5) is 42.6. The fraction of sp³-hybridized carbons (Fsp3) is 0.176. The standard InChI is InChI=1S/C17H13N3O4S/c21-14-2-1-7-19(14)11-3-5-12(6-4-11)24-16(23)13-10-18-17-20(15(13)22)8-9-25-17/h3-6,8-10H,1-2,7H2. The van der Waals surface area contributed by atoms with Crippen LogP contribution in [0.4, 0.5) is 5.69 Å². The number of ether oxygens (including phenoxy) is 1. The third-order valence-corrected chi connectivity index (χ3v) is 4.77. The Morgan fingerprint density at radius 2 is 2.00 bits per heavy atom. The van der Waals surface area contributed by atoms with Gasteiger partial charge in [-0.25, -0.2) is 9.78 Å². The summed E-state index contributed by atoms with van der Waals surface area (Å²) in [6, 6.07) is 6.65. The molecule has 4 rings (SSSR count). The second-order valence-corrected chi connectivity index (χ2v) is 6.44. The SMILES string of the molecule is O=C(Oc1ccc(N2CCCC2=O)cc1)c1cnc2sccn2c1=O. The van der Waals surface area contributed by atoms with Gasteiger partial charge >= 0.3 is 5.97 Å². The van der Waals surface area contributed by atoms with Crippen molar-refractivity contribution in [3.05, 3.63) is 58.0 Å². The quantitative estimate of drug-likeness (QED) is 0.531. The smallest absolute Gasteiger partial charge is 0.350 e. The van der Waals surface area contributed by atoms with Crippen LogP contribution in [0.25, 0.3) is 4.96 Å². The van der Waals surface area contributed by atoms with E-state index in [-0.39, 0.29) is 11.5 Å². The number of anilines is 1. The molecule has 1 saturated heterocycles. The van der Waals surface area contributed by atoms with Gasteiger partial charge in [0, 0.05) is 30.2 Å². The zero-order chi connectivity index (χ0) is 17.4. The maximum Gasteiger partial charge on any atom is 0.350 e. The molecule has 0 bridgehead atoms. The molecule has 3 aromatic rings. The first-order valence-electron chi connectivity index (χ1n) is 7.71. The van der Waals surface area contributed by atoms with Crippen molar-refractivity contribution in [2.75, 3.05) is 11.4 Å². The third kappa shape index (κ3) is 2.80. The summed E-state index contributed by atoms with van der Waals surface area (Å²) in [5.41, 5.74) is 0.175. The van der Waals surface area contributed by atoms with Crippen molar-refractivity contribution in [3.8, 4) is 5.75 Å². The van der Waals surface area contributed by atoms with Crippen LogP contribution in [0.1, 0.15) is 23.2 Å². The molecule has 1 aromatic carbocycles. The molecule has 1 aliphatic rings. The Kier molecular flexibility index (Phi) is 3.81. The maximum absolute atomic E-state index is 12.3. The topological polar surface area (TPSA) is 81.0 Å². The highest BCUT2D eigenvalue weighted by atomic mass is 32.1. The predicted molar refractivity (Wildman–Crippen MR) is 92.3 cm³/mol. The summed E-state index contributed by atoms with van der Waals surface area (Å²) >= 11 is 1.31. The number of aromatic nitrogens is 2. The van der Waals surface area contributed by atoms with E-state index in [1.807, 2.05) is 0 Å². The van der Waals surface area contributed by atoms with Gasteiger partial charge < -0.3 is 9.64 Å². The molecule has 1 aliphatic heterocycles. The molecule has 1 amide bonds. The number of carbonyl (C=O) groups is 2. The van der Waals surface area contributed by atoms with Crippen molar-refractivity contribution in [1.82, 2.24) is 9.38 Å². The summed E-state index contributed by atoms with van der Waals surface area (Å²) in [6.45, 7) is 0.695. The molecule has 0 radical (unpaired) electrons. The van der Waals surface area contributed by atoms with Gasteiger partial charge in [-0.2, -0.15) is 0 Å². The number of benzene rings is 1. The average molecular weight is 355 g/mol. The minimum absolute atomic E-state index is 0.0907. The van der Waals surface area contributed by atoms with Gasteiger partial charge in [0.2, 0.25) is 5.91 Å². The molecule has 3 heterocycles. The number of nitrogens with zero attached hydrogens (tertiary/aromatic N) is 3. The van der Waals surface area contributed by atoms with Crippen LogP contribution >= 0.6 is 11.3 Å². The predicted octanol–water partition coefficient (Wildman–Crippen LogP) is 2.10. The number of carbonyl (C=O) groups excluding carboxylic acids is 2. The van der Waals surface area contributed by atoms with Crippen molar-refractivity contribution < 1.29 is 14.3 Å². The van der Waals surface area contributed by atoms with E-state index in [9.17, 15) is 14.4 Å². The molecule has 8 heteroatoms. The third-order valence-electron chi connectivity index (χ3n) is 4.00. The van der Waals surface area contributed by atoms with E-state index in [0.29, 0.717) is 23.7 Å². The lowest BCUT2D eigenvalue weighted by atomic mass is 10.2. The molecular formula is C17H13N3O4S. The molecule has 7 nitrogen and oxygen atoms in total. The molecule has 25 heavy (non-hydrogen) atoms. The van der Waals surface area contributed by atoms with Crippen molar-refractivity contribution >= 4 is 33.9 Å². The number of thiazole rings is 1. The first kappa shape index (κ1) is 15.5.